The van der Waals surface area contributed by atoms with Gasteiger partial charge in [-0.2, -0.15) is 17.6 Å². The molecule has 142 valence electrons. The molecule has 1 saturated heterocycles. The van der Waals surface area contributed by atoms with Crippen molar-refractivity contribution in [1.82, 2.24) is 0 Å². The predicted octanol–water partition coefficient (Wildman–Crippen LogP) is 0.538. The lowest BCUT2D eigenvalue weighted by Crippen LogP contribution is -2.45. The van der Waals surface area contributed by atoms with Crippen molar-refractivity contribution in [2.24, 2.45) is 23.7 Å². The summed E-state index contributed by atoms with van der Waals surface area (Å²) in [6.07, 6.45) is -3.07. The molecule has 3 aliphatic rings. The fourth-order valence-electron chi connectivity index (χ4n) is 3.99. The average Bonchev–Trinajstić information content (AvgIpc) is 3.10. The van der Waals surface area contributed by atoms with Crippen molar-refractivity contribution in [2.75, 3.05) is 6.61 Å². The van der Waals surface area contributed by atoms with Crippen molar-refractivity contribution < 1.29 is 50.5 Å². The van der Waals surface area contributed by atoms with Crippen LogP contribution >= 0.6 is 0 Å². The molecule has 12 heteroatoms. The number of hydrogen-bond donors (Lipinski definition) is 2. The summed E-state index contributed by atoms with van der Waals surface area (Å²) in [5.41, 5.74) is 0. The Morgan fingerprint density at radius 3 is 2.56 bits per heavy atom. The highest BCUT2D eigenvalue weighted by molar-refractivity contribution is 7.80. The van der Waals surface area contributed by atoms with Crippen LogP contribution in [0.5, 0.6) is 0 Å². The second kappa shape index (κ2) is 5.88. The third-order valence-corrected chi connectivity index (χ3v) is 5.89. The Balaban J connectivity index is 1.61. The van der Waals surface area contributed by atoms with Crippen LogP contribution in [0.3, 0.4) is 0 Å². The zero-order valence-electron chi connectivity index (χ0n) is 12.4. The molecule has 2 N–H and O–H groups in total. The normalized spacial score (nSPS) is 37.9. The molecule has 1 aliphatic heterocycles. The maximum absolute atomic E-state index is 13.3. The highest BCUT2D eigenvalue weighted by Crippen LogP contribution is 2.58. The van der Waals surface area contributed by atoms with Crippen molar-refractivity contribution in [1.29, 1.82) is 0 Å². The van der Waals surface area contributed by atoms with Crippen molar-refractivity contribution in [3.8, 4) is 0 Å². The minimum Gasteiger partial charge on any atom is -0.465 e. The van der Waals surface area contributed by atoms with E-state index in [2.05, 4.69) is 4.74 Å². The van der Waals surface area contributed by atoms with Crippen LogP contribution in [0.1, 0.15) is 12.8 Å². The van der Waals surface area contributed by atoms with Gasteiger partial charge < -0.3 is 19.1 Å². The van der Waals surface area contributed by atoms with E-state index < -0.39 is 77.2 Å². The number of hydrogen-bond acceptors (Lipinski definition) is 6. The maximum Gasteiger partial charge on any atom is 0.406 e. The summed E-state index contributed by atoms with van der Waals surface area (Å²) in [5.74, 6) is -9.48. The van der Waals surface area contributed by atoms with Gasteiger partial charge in [0.1, 0.15) is 6.10 Å². The van der Waals surface area contributed by atoms with Gasteiger partial charge >= 0.3 is 23.1 Å². The van der Waals surface area contributed by atoms with Gasteiger partial charge in [0.05, 0.1) is 31.0 Å². The lowest BCUT2D eigenvalue weighted by atomic mass is 9.78. The van der Waals surface area contributed by atoms with Gasteiger partial charge in [-0.15, -0.1) is 0 Å². The Bertz CT molecular complexity index is 627. The molecule has 0 aromatic rings. The second-order valence-corrected chi connectivity index (χ2v) is 7.41. The molecule has 2 aliphatic carbocycles. The van der Waals surface area contributed by atoms with Gasteiger partial charge in [0.25, 0.3) is 0 Å². The first-order valence-corrected chi connectivity index (χ1v) is 8.51. The largest absolute Gasteiger partial charge is 0.465 e. The van der Waals surface area contributed by atoms with E-state index in [1.165, 1.54) is 0 Å². The summed E-state index contributed by atoms with van der Waals surface area (Å²) in [7, 11) is 0. The molecule has 7 nitrogen and oxygen atoms in total. The smallest absolute Gasteiger partial charge is 0.406 e. The summed E-state index contributed by atoms with van der Waals surface area (Å²) in [4.78, 5) is 23.9. The topological polar surface area (TPSA) is 110 Å². The number of ether oxygens (including phenoxy) is 2. The molecular weight excluding hydrogens is 376 g/mol. The number of halogens is 4. The van der Waals surface area contributed by atoms with Gasteiger partial charge in [-0.1, -0.05) is 0 Å². The number of rotatable bonds is 6. The van der Waals surface area contributed by atoms with E-state index in [9.17, 15) is 36.5 Å². The SMILES string of the molecule is O=C(OCCC(F)(F)C(F)(F)S(=O)O)C1C2CC3C(OC(=O)C31)C2O. The van der Waals surface area contributed by atoms with Crippen molar-refractivity contribution in [3.63, 3.8) is 0 Å². The molecule has 7 atom stereocenters. The monoisotopic (exact) mass is 390 g/mol. The third kappa shape index (κ3) is 2.65. The van der Waals surface area contributed by atoms with Gasteiger partial charge in [0.2, 0.25) is 11.1 Å². The molecule has 3 rings (SSSR count). The number of carbonyl (C=O) groups is 2. The van der Waals surface area contributed by atoms with E-state index >= 15 is 0 Å². The number of fused-ring (bicyclic) bond motifs is 1. The molecular formula is C13H14F4O7S. The number of esters is 2. The Labute approximate surface area is 140 Å². The molecule has 7 unspecified atom stereocenters. The van der Waals surface area contributed by atoms with Crippen LogP contribution < -0.4 is 0 Å². The van der Waals surface area contributed by atoms with Gasteiger partial charge in [0, 0.05) is 11.8 Å². The van der Waals surface area contributed by atoms with Crippen molar-refractivity contribution >= 4 is 23.0 Å². The second-order valence-electron chi connectivity index (χ2n) is 6.39. The van der Waals surface area contributed by atoms with E-state index in [1.807, 2.05) is 0 Å². The minimum atomic E-state index is -5.19. The molecule has 25 heavy (non-hydrogen) atoms. The number of aliphatic hydroxyl groups excluding tert-OH is 1. The van der Waals surface area contributed by atoms with Gasteiger partial charge in [-0.3, -0.25) is 9.59 Å². The lowest BCUT2D eigenvalue weighted by molar-refractivity contribution is -0.176. The van der Waals surface area contributed by atoms with Crippen LogP contribution in [0.4, 0.5) is 17.6 Å². The quantitative estimate of drug-likeness (QED) is 0.387. The first kappa shape index (κ1) is 18.5. The van der Waals surface area contributed by atoms with Gasteiger partial charge in [-0.05, 0) is 6.42 Å². The fourth-order valence-corrected chi connectivity index (χ4v) is 4.35. The van der Waals surface area contributed by atoms with Crippen LogP contribution in [0.15, 0.2) is 0 Å². The van der Waals surface area contributed by atoms with Crippen molar-refractivity contribution in [3.05, 3.63) is 0 Å². The minimum absolute atomic E-state index is 0.347. The maximum atomic E-state index is 13.3. The predicted molar refractivity (Wildman–Crippen MR) is 70.7 cm³/mol. The molecule has 0 radical (unpaired) electrons. The molecule has 0 spiro atoms. The zero-order valence-corrected chi connectivity index (χ0v) is 13.3. The van der Waals surface area contributed by atoms with Crippen molar-refractivity contribution in [2.45, 2.75) is 36.2 Å². The summed E-state index contributed by atoms with van der Waals surface area (Å²) in [5, 5.41) is 4.81. The Morgan fingerprint density at radius 1 is 1.32 bits per heavy atom. The summed E-state index contributed by atoms with van der Waals surface area (Å²) in [6.45, 7) is -1.13. The molecule has 0 aromatic heterocycles. The Hall–Kier alpha value is -1.27. The van der Waals surface area contributed by atoms with E-state index in [0.717, 1.165) is 0 Å². The van der Waals surface area contributed by atoms with Crippen LogP contribution in [0.25, 0.3) is 0 Å². The molecule has 0 aromatic carbocycles. The highest BCUT2D eigenvalue weighted by atomic mass is 32.2. The van der Waals surface area contributed by atoms with Crippen LogP contribution in [0.2, 0.25) is 0 Å². The van der Waals surface area contributed by atoms with E-state index in [0.29, 0.717) is 6.42 Å². The summed E-state index contributed by atoms with van der Waals surface area (Å²) < 4.78 is 80.6. The lowest BCUT2D eigenvalue weighted by Gasteiger charge is -2.27. The molecule has 2 bridgehead atoms. The van der Waals surface area contributed by atoms with E-state index in [4.69, 9.17) is 9.29 Å². The molecule has 3 fully saturated rings. The molecule has 0 amide bonds. The average molecular weight is 390 g/mol. The van der Waals surface area contributed by atoms with Gasteiger partial charge in [0.15, 0.2) is 0 Å². The number of aliphatic hydroxyl groups is 1. The summed E-state index contributed by atoms with van der Waals surface area (Å²) in [6, 6.07) is 0. The van der Waals surface area contributed by atoms with Crippen LogP contribution in [0, 0.1) is 23.7 Å². The van der Waals surface area contributed by atoms with Gasteiger partial charge in [-0.25, -0.2) is 4.21 Å². The number of carbonyl (C=O) groups excluding carboxylic acids is 2. The Kier molecular flexibility index (Phi) is 4.35. The molecule has 1 heterocycles. The first-order valence-electron chi connectivity index (χ1n) is 7.41. The number of alkyl halides is 4. The van der Waals surface area contributed by atoms with E-state index in [1.54, 1.807) is 0 Å². The standard InChI is InChI=1S/C13H14F4O7S/c14-12(15,13(16,17)25(21)22)1-2-23-10(19)6-4-3-5-7(6)11(20)24-9(5)8(4)18/h4-9,18H,1-3H2,(H,21,22). The summed E-state index contributed by atoms with van der Waals surface area (Å²) >= 11 is -4.09. The zero-order chi connectivity index (χ0) is 18.7. The first-order chi connectivity index (χ1) is 11.5. The highest BCUT2D eigenvalue weighted by Gasteiger charge is 2.68. The van der Waals surface area contributed by atoms with Crippen LogP contribution in [-0.2, 0) is 30.1 Å². The van der Waals surface area contributed by atoms with Crippen LogP contribution in [-0.4, -0.2) is 55.8 Å². The fraction of sp³-hybridized carbons (Fsp3) is 0.846. The van der Waals surface area contributed by atoms with E-state index in [-0.39, 0.29) is 5.92 Å². The molecule has 2 saturated carbocycles. The Morgan fingerprint density at radius 2 is 1.96 bits per heavy atom. The third-order valence-electron chi connectivity index (χ3n) is 5.15.